The summed E-state index contributed by atoms with van der Waals surface area (Å²) in [5, 5.41) is 0. The number of rotatable bonds is 0. The van der Waals surface area contributed by atoms with E-state index in [1.54, 1.807) is 0 Å². The maximum Gasteiger partial charge on any atom is 0.156 e. The Morgan fingerprint density at radius 3 is 3.45 bits per heavy atom. The molecular formula is C10H10O. The lowest BCUT2D eigenvalue weighted by molar-refractivity contribution is 0.386. The normalized spacial score (nSPS) is 37.8. The first kappa shape index (κ1) is 5.64. The molecule has 0 aromatic heterocycles. The van der Waals surface area contributed by atoms with Crippen LogP contribution in [0.25, 0.3) is 0 Å². The molecule has 0 amide bonds. The van der Waals surface area contributed by atoms with Crippen LogP contribution >= 0.6 is 0 Å². The maximum atomic E-state index is 5.36. The van der Waals surface area contributed by atoms with Gasteiger partial charge in [0.25, 0.3) is 0 Å². The molecule has 3 rings (SSSR count). The third-order valence-electron chi connectivity index (χ3n) is 2.66. The molecule has 1 heteroatoms. The smallest absolute Gasteiger partial charge is 0.156 e. The van der Waals surface area contributed by atoms with Gasteiger partial charge >= 0.3 is 0 Å². The van der Waals surface area contributed by atoms with Crippen LogP contribution in [-0.4, -0.2) is 6.10 Å². The fourth-order valence-corrected chi connectivity index (χ4v) is 1.94. The molecule has 56 valence electrons. The van der Waals surface area contributed by atoms with Crippen molar-refractivity contribution < 1.29 is 4.74 Å². The molecule has 0 aromatic carbocycles. The Morgan fingerprint density at radius 1 is 1.45 bits per heavy atom. The minimum atomic E-state index is 0.489. The van der Waals surface area contributed by atoms with Crippen molar-refractivity contribution in [2.75, 3.05) is 0 Å². The van der Waals surface area contributed by atoms with Gasteiger partial charge in [0.1, 0.15) is 5.76 Å². The zero-order chi connectivity index (χ0) is 7.26. The molecule has 1 fully saturated rings. The van der Waals surface area contributed by atoms with Crippen LogP contribution in [-0.2, 0) is 4.74 Å². The number of epoxide rings is 1. The van der Waals surface area contributed by atoms with E-state index in [9.17, 15) is 0 Å². The summed E-state index contributed by atoms with van der Waals surface area (Å²) in [5.74, 6) is 1.96. The Morgan fingerprint density at radius 2 is 2.45 bits per heavy atom. The average Bonchev–Trinajstić information content (AvgIpc) is 2.77. The Bertz CT molecular complexity index is 280. The monoisotopic (exact) mass is 146 g/mol. The minimum Gasteiger partial charge on any atom is -0.483 e. The molecule has 1 heterocycles. The van der Waals surface area contributed by atoms with E-state index in [1.165, 1.54) is 24.2 Å². The van der Waals surface area contributed by atoms with Crippen molar-refractivity contribution >= 4 is 0 Å². The van der Waals surface area contributed by atoms with E-state index in [1.807, 2.05) is 0 Å². The van der Waals surface area contributed by atoms with Crippen LogP contribution in [0.1, 0.15) is 12.8 Å². The highest BCUT2D eigenvalue weighted by atomic mass is 16.6. The van der Waals surface area contributed by atoms with Gasteiger partial charge in [-0.25, -0.2) is 0 Å². The Labute approximate surface area is 66.1 Å². The van der Waals surface area contributed by atoms with Crippen LogP contribution < -0.4 is 0 Å². The first-order valence-corrected chi connectivity index (χ1v) is 4.18. The molecule has 0 radical (unpaired) electrons. The third-order valence-corrected chi connectivity index (χ3v) is 2.66. The van der Waals surface area contributed by atoms with Gasteiger partial charge in [-0.3, -0.25) is 0 Å². The topological polar surface area (TPSA) is 12.5 Å². The summed E-state index contributed by atoms with van der Waals surface area (Å²) in [6, 6.07) is 0. The summed E-state index contributed by atoms with van der Waals surface area (Å²) in [5.41, 5.74) is 1.47. The molecule has 2 atom stereocenters. The van der Waals surface area contributed by atoms with Gasteiger partial charge in [-0.15, -0.1) is 0 Å². The van der Waals surface area contributed by atoms with E-state index < -0.39 is 0 Å². The first-order valence-electron chi connectivity index (χ1n) is 4.18. The van der Waals surface area contributed by atoms with Crippen LogP contribution in [0, 0.1) is 5.92 Å². The molecule has 11 heavy (non-hydrogen) atoms. The van der Waals surface area contributed by atoms with Crippen molar-refractivity contribution in [1.82, 2.24) is 0 Å². The molecular weight excluding hydrogens is 136 g/mol. The van der Waals surface area contributed by atoms with Crippen molar-refractivity contribution in [3.63, 3.8) is 0 Å². The zero-order valence-electron chi connectivity index (χ0n) is 6.29. The van der Waals surface area contributed by atoms with E-state index in [0.29, 0.717) is 6.10 Å². The SMILES string of the molecule is C1=CCC2CC3OC3=CC2=C1. The van der Waals surface area contributed by atoms with Crippen LogP contribution in [0.4, 0.5) is 0 Å². The lowest BCUT2D eigenvalue weighted by Gasteiger charge is -2.18. The molecule has 0 aromatic rings. The number of ether oxygens (including phenoxy) is 1. The standard InChI is InChI=1S/C10H10O/c1-2-4-8-6-10-9(11-10)5-7(8)3-1/h1-3,5,8,10H,4,6H2. The highest BCUT2D eigenvalue weighted by Gasteiger charge is 2.39. The Balaban J connectivity index is 2.02. The van der Waals surface area contributed by atoms with Gasteiger partial charge in [0.15, 0.2) is 6.10 Å². The van der Waals surface area contributed by atoms with Crippen molar-refractivity contribution in [2.24, 2.45) is 5.92 Å². The summed E-state index contributed by atoms with van der Waals surface area (Å²) in [7, 11) is 0. The fraction of sp³-hybridized carbons (Fsp3) is 0.400. The van der Waals surface area contributed by atoms with Gasteiger partial charge in [-0.1, -0.05) is 18.2 Å². The largest absolute Gasteiger partial charge is 0.483 e. The lowest BCUT2D eigenvalue weighted by Crippen LogP contribution is -2.10. The number of hydrogen-bond acceptors (Lipinski definition) is 1. The van der Waals surface area contributed by atoms with E-state index in [2.05, 4.69) is 24.3 Å². The molecule has 2 unspecified atom stereocenters. The summed E-state index contributed by atoms with van der Waals surface area (Å²) >= 11 is 0. The predicted octanol–water partition coefficient (Wildman–Crippen LogP) is 2.18. The molecule has 2 aliphatic carbocycles. The predicted molar refractivity (Wildman–Crippen MR) is 42.9 cm³/mol. The van der Waals surface area contributed by atoms with Gasteiger partial charge in [0, 0.05) is 0 Å². The second-order valence-corrected chi connectivity index (χ2v) is 3.42. The van der Waals surface area contributed by atoms with E-state index in [4.69, 9.17) is 4.74 Å². The summed E-state index contributed by atoms with van der Waals surface area (Å²) < 4.78 is 5.36. The van der Waals surface area contributed by atoms with Crippen LogP contribution in [0.15, 0.2) is 35.6 Å². The molecule has 0 saturated carbocycles. The summed E-state index contributed by atoms with van der Waals surface area (Å²) in [4.78, 5) is 0. The van der Waals surface area contributed by atoms with Crippen LogP contribution in [0.2, 0.25) is 0 Å². The number of allylic oxidation sites excluding steroid dienone is 5. The quantitative estimate of drug-likeness (QED) is 0.477. The van der Waals surface area contributed by atoms with Crippen LogP contribution in [0.3, 0.4) is 0 Å². The van der Waals surface area contributed by atoms with Crippen molar-refractivity contribution in [2.45, 2.75) is 18.9 Å². The number of hydrogen-bond donors (Lipinski definition) is 0. The molecule has 1 aliphatic heterocycles. The first-order chi connectivity index (χ1) is 5.43. The van der Waals surface area contributed by atoms with Crippen molar-refractivity contribution in [3.05, 3.63) is 35.6 Å². The van der Waals surface area contributed by atoms with E-state index in [-0.39, 0.29) is 0 Å². The van der Waals surface area contributed by atoms with E-state index >= 15 is 0 Å². The Kier molecular flexibility index (Phi) is 0.916. The molecule has 3 aliphatic rings. The van der Waals surface area contributed by atoms with Gasteiger partial charge in [0.05, 0.1) is 0 Å². The van der Waals surface area contributed by atoms with Crippen LogP contribution in [0.5, 0.6) is 0 Å². The minimum absolute atomic E-state index is 0.489. The molecule has 0 N–H and O–H groups in total. The second-order valence-electron chi connectivity index (χ2n) is 3.42. The molecule has 1 nitrogen and oxygen atoms in total. The third kappa shape index (κ3) is 0.770. The molecule has 1 saturated heterocycles. The second kappa shape index (κ2) is 1.79. The van der Waals surface area contributed by atoms with Gasteiger partial charge < -0.3 is 4.74 Å². The fourth-order valence-electron chi connectivity index (χ4n) is 1.94. The van der Waals surface area contributed by atoms with Gasteiger partial charge in [-0.05, 0) is 30.4 Å². The maximum absolute atomic E-state index is 5.36. The average molecular weight is 146 g/mol. The highest BCUT2D eigenvalue weighted by molar-refractivity contribution is 5.39. The van der Waals surface area contributed by atoms with Crippen molar-refractivity contribution in [1.29, 1.82) is 0 Å². The number of fused-ring (bicyclic) bond motifs is 2. The zero-order valence-corrected chi connectivity index (χ0v) is 6.29. The lowest BCUT2D eigenvalue weighted by atomic mass is 9.84. The highest BCUT2D eigenvalue weighted by Crippen LogP contribution is 2.43. The summed E-state index contributed by atoms with van der Waals surface area (Å²) in [6.45, 7) is 0. The summed E-state index contributed by atoms with van der Waals surface area (Å²) in [6.07, 6.45) is 11.7. The Hall–Kier alpha value is -0.980. The van der Waals surface area contributed by atoms with Gasteiger partial charge in [-0.2, -0.15) is 0 Å². The molecule has 0 spiro atoms. The van der Waals surface area contributed by atoms with E-state index in [0.717, 1.165) is 5.92 Å². The van der Waals surface area contributed by atoms with Gasteiger partial charge in [0.2, 0.25) is 0 Å². The molecule has 0 bridgehead atoms. The van der Waals surface area contributed by atoms with Crippen molar-refractivity contribution in [3.8, 4) is 0 Å².